The lowest BCUT2D eigenvalue weighted by Crippen LogP contribution is -2.47. The number of nitrogens with one attached hydrogen (secondary N) is 2. The third-order valence-corrected chi connectivity index (χ3v) is 2.19. The van der Waals surface area contributed by atoms with Crippen LogP contribution in [0.5, 0.6) is 0 Å². The van der Waals surface area contributed by atoms with E-state index >= 15 is 0 Å². The molecule has 0 radical (unpaired) electrons. The molecule has 0 aliphatic rings. The van der Waals surface area contributed by atoms with E-state index in [0.717, 1.165) is 12.8 Å². The van der Waals surface area contributed by atoms with Gasteiger partial charge < -0.3 is 10.1 Å². The molecule has 0 spiro atoms. The number of aliphatic imine (C=N–C) groups is 1. The fourth-order valence-corrected chi connectivity index (χ4v) is 1.30. The Hall–Kier alpha value is -0.810. The highest BCUT2D eigenvalue weighted by Gasteiger charge is 2.06. The standard InChI is InChI=1S/C10H24N4O/c1-5-9(6-2)13-10(14-11)12-8(3)7-15-4/h8-9H,5-7,11H2,1-4H3,(H2,12,13,14). The summed E-state index contributed by atoms with van der Waals surface area (Å²) in [5.74, 6) is 6.02. The number of hydrogen-bond donors (Lipinski definition) is 3. The average molecular weight is 216 g/mol. The van der Waals surface area contributed by atoms with Crippen LogP contribution >= 0.6 is 0 Å². The highest BCUT2D eigenvalue weighted by molar-refractivity contribution is 5.79. The fourth-order valence-electron chi connectivity index (χ4n) is 1.30. The molecule has 5 heteroatoms. The maximum Gasteiger partial charge on any atom is 0.206 e. The van der Waals surface area contributed by atoms with E-state index in [-0.39, 0.29) is 6.04 Å². The zero-order valence-corrected chi connectivity index (χ0v) is 10.2. The lowest BCUT2D eigenvalue weighted by atomic mass is 10.2. The molecule has 0 amide bonds. The van der Waals surface area contributed by atoms with Crippen molar-refractivity contribution >= 4 is 5.96 Å². The Kier molecular flexibility index (Phi) is 8.04. The Morgan fingerprint density at radius 1 is 1.40 bits per heavy atom. The third kappa shape index (κ3) is 6.30. The van der Waals surface area contributed by atoms with Gasteiger partial charge in [0.1, 0.15) is 0 Å². The second-order valence-electron chi connectivity index (χ2n) is 3.59. The Morgan fingerprint density at radius 2 is 2.00 bits per heavy atom. The Labute approximate surface area is 92.4 Å². The largest absolute Gasteiger partial charge is 0.383 e. The van der Waals surface area contributed by atoms with Crippen molar-refractivity contribution in [2.24, 2.45) is 10.8 Å². The van der Waals surface area contributed by atoms with Crippen molar-refractivity contribution in [3.63, 3.8) is 0 Å². The molecule has 90 valence electrons. The normalized spacial score (nSPS) is 14.1. The lowest BCUT2D eigenvalue weighted by Gasteiger charge is -2.17. The van der Waals surface area contributed by atoms with Gasteiger partial charge in [-0.2, -0.15) is 0 Å². The highest BCUT2D eigenvalue weighted by Crippen LogP contribution is 2.01. The van der Waals surface area contributed by atoms with E-state index in [9.17, 15) is 0 Å². The van der Waals surface area contributed by atoms with Crippen LogP contribution in [0.3, 0.4) is 0 Å². The van der Waals surface area contributed by atoms with Crippen LogP contribution in [-0.4, -0.2) is 31.8 Å². The van der Waals surface area contributed by atoms with Crippen LogP contribution in [0.2, 0.25) is 0 Å². The number of ether oxygens (including phenoxy) is 1. The number of nitrogens with zero attached hydrogens (tertiary/aromatic N) is 1. The molecular formula is C10H24N4O. The van der Waals surface area contributed by atoms with Crippen molar-refractivity contribution in [2.75, 3.05) is 13.7 Å². The van der Waals surface area contributed by atoms with Crippen LogP contribution in [-0.2, 0) is 4.74 Å². The summed E-state index contributed by atoms with van der Waals surface area (Å²) in [6.07, 6.45) is 2.03. The molecule has 0 saturated carbocycles. The minimum atomic E-state index is 0.194. The number of hydrazine groups is 1. The maximum absolute atomic E-state index is 5.39. The van der Waals surface area contributed by atoms with Crippen LogP contribution in [0, 0.1) is 0 Å². The zero-order valence-electron chi connectivity index (χ0n) is 10.2. The van der Waals surface area contributed by atoms with Gasteiger partial charge >= 0.3 is 0 Å². The molecular weight excluding hydrogens is 192 g/mol. The second-order valence-corrected chi connectivity index (χ2v) is 3.59. The van der Waals surface area contributed by atoms with E-state index < -0.39 is 0 Å². The predicted molar refractivity (Wildman–Crippen MR) is 63.6 cm³/mol. The lowest BCUT2D eigenvalue weighted by molar-refractivity contribution is 0.179. The highest BCUT2D eigenvalue weighted by atomic mass is 16.5. The van der Waals surface area contributed by atoms with Gasteiger partial charge in [-0.3, -0.25) is 5.43 Å². The smallest absolute Gasteiger partial charge is 0.206 e. The maximum atomic E-state index is 5.39. The van der Waals surface area contributed by atoms with E-state index in [1.54, 1.807) is 7.11 Å². The van der Waals surface area contributed by atoms with E-state index in [2.05, 4.69) is 29.6 Å². The third-order valence-electron chi connectivity index (χ3n) is 2.19. The van der Waals surface area contributed by atoms with Crippen molar-refractivity contribution < 1.29 is 4.74 Å². The fraction of sp³-hybridized carbons (Fsp3) is 0.900. The number of guanidine groups is 1. The van der Waals surface area contributed by atoms with Gasteiger partial charge in [0, 0.05) is 13.2 Å². The molecule has 5 nitrogen and oxygen atoms in total. The zero-order chi connectivity index (χ0) is 11.7. The molecule has 0 aromatic heterocycles. The first kappa shape index (κ1) is 14.2. The van der Waals surface area contributed by atoms with Gasteiger partial charge in [-0.05, 0) is 19.8 Å². The number of methoxy groups -OCH3 is 1. The van der Waals surface area contributed by atoms with Crippen LogP contribution in [0.15, 0.2) is 4.99 Å². The molecule has 0 saturated heterocycles. The Balaban J connectivity index is 4.20. The van der Waals surface area contributed by atoms with E-state index in [1.165, 1.54) is 0 Å². The molecule has 0 fully saturated rings. The van der Waals surface area contributed by atoms with Crippen molar-refractivity contribution in [1.82, 2.24) is 10.7 Å². The molecule has 0 aromatic rings. The molecule has 1 atom stereocenters. The van der Waals surface area contributed by atoms with Gasteiger partial charge in [-0.1, -0.05) is 13.8 Å². The van der Waals surface area contributed by atoms with Crippen molar-refractivity contribution in [3.05, 3.63) is 0 Å². The van der Waals surface area contributed by atoms with Crippen LogP contribution in [0.25, 0.3) is 0 Å². The molecule has 0 rings (SSSR count). The molecule has 1 unspecified atom stereocenters. The van der Waals surface area contributed by atoms with Crippen molar-refractivity contribution in [3.8, 4) is 0 Å². The van der Waals surface area contributed by atoms with E-state index in [1.807, 2.05) is 6.92 Å². The first-order valence-corrected chi connectivity index (χ1v) is 5.47. The second kappa shape index (κ2) is 8.49. The summed E-state index contributed by atoms with van der Waals surface area (Å²) >= 11 is 0. The molecule has 15 heavy (non-hydrogen) atoms. The number of hydrogen-bond acceptors (Lipinski definition) is 3. The van der Waals surface area contributed by atoms with E-state index in [0.29, 0.717) is 18.6 Å². The summed E-state index contributed by atoms with van der Waals surface area (Å²) in [6, 6.07) is 0.512. The van der Waals surface area contributed by atoms with Crippen LogP contribution < -0.4 is 16.6 Å². The topological polar surface area (TPSA) is 71.7 Å². The first-order valence-electron chi connectivity index (χ1n) is 5.47. The van der Waals surface area contributed by atoms with Gasteiger partial charge in [0.05, 0.1) is 12.6 Å². The van der Waals surface area contributed by atoms with Crippen molar-refractivity contribution in [2.45, 2.75) is 45.7 Å². The van der Waals surface area contributed by atoms with E-state index in [4.69, 9.17) is 10.6 Å². The molecule has 0 heterocycles. The summed E-state index contributed by atoms with van der Waals surface area (Å²) in [6.45, 7) is 6.88. The van der Waals surface area contributed by atoms with Gasteiger partial charge in [-0.15, -0.1) is 0 Å². The molecule has 4 N–H and O–H groups in total. The number of nitrogens with two attached hydrogens (primary N) is 1. The molecule has 0 aliphatic heterocycles. The molecule has 0 bridgehead atoms. The molecule has 0 aromatic carbocycles. The summed E-state index contributed by atoms with van der Waals surface area (Å²) in [4.78, 5) is 4.47. The summed E-state index contributed by atoms with van der Waals surface area (Å²) < 4.78 is 5.02. The average Bonchev–Trinajstić information content (AvgIpc) is 2.24. The Morgan fingerprint density at radius 3 is 2.40 bits per heavy atom. The van der Waals surface area contributed by atoms with Gasteiger partial charge in [0.25, 0.3) is 0 Å². The predicted octanol–water partition coefficient (Wildman–Crippen LogP) is 0.619. The van der Waals surface area contributed by atoms with Gasteiger partial charge in [-0.25, -0.2) is 10.8 Å². The Bertz CT molecular complexity index is 180. The summed E-state index contributed by atoms with van der Waals surface area (Å²) in [7, 11) is 1.67. The summed E-state index contributed by atoms with van der Waals surface area (Å²) in [5, 5.41) is 3.16. The quantitative estimate of drug-likeness (QED) is 0.263. The van der Waals surface area contributed by atoms with Crippen LogP contribution in [0.1, 0.15) is 33.6 Å². The van der Waals surface area contributed by atoms with Gasteiger partial charge in [0.15, 0.2) is 0 Å². The number of rotatable bonds is 6. The molecule has 0 aliphatic carbocycles. The minimum absolute atomic E-state index is 0.194. The minimum Gasteiger partial charge on any atom is -0.383 e. The van der Waals surface area contributed by atoms with Crippen molar-refractivity contribution in [1.29, 1.82) is 0 Å². The SMILES string of the molecule is CCC(CC)N=C(NN)NC(C)COC. The summed E-state index contributed by atoms with van der Waals surface area (Å²) in [5.41, 5.74) is 2.57. The van der Waals surface area contributed by atoms with Gasteiger partial charge in [0.2, 0.25) is 5.96 Å². The first-order chi connectivity index (χ1) is 7.17. The monoisotopic (exact) mass is 216 g/mol. The van der Waals surface area contributed by atoms with Crippen LogP contribution in [0.4, 0.5) is 0 Å².